The summed E-state index contributed by atoms with van der Waals surface area (Å²) in [6.07, 6.45) is 13.3. The number of carbonyl (C=O) groups excluding carboxylic acids is 1. The molecule has 2 aromatic heterocycles. The first-order chi connectivity index (χ1) is 21.8. The molecule has 1 amide bonds. The highest BCUT2D eigenvalue weighted by Crippen LogP contribution is 2.37. The predicted octanol–water partition coefficient (Wildman–Crippen LogP) is 6.58. The molecule has 10 nitrogen and oxygen atoms in total. The molecule has 1 aromatic carbocycles. The van der Waals surface area contributed by atoms with E-state index in [0.29, 0.717) is 42.5 Å². The van der Waals surface area contributed by atoms with Crippen molar-refractivity contribution in [1.82, 2.24) is 19.9 Å². The standard InChI is InChI=1S/C34H41N5O5S/c1-4-5-11-27-12-8-6-7-9-14-31(40)39(27)22-26-17-18-28(29(20-26)44-23-25-15-16-25)32-30(13-10-19-35-32)45(41,42)38-33-34(43-3)37-24(2)21-36-33/h8,10,13,17-21,25H,4-7,9,11,14-16,22-23H2,1-3H3,(H,36,38). The number of hydrogen-bond acceptors (Lipinski definition) is 8. The number of anilines is 1. The Morgan fingerprint density at radius 3 is 2.78 bits per heavy atom. The Bertz CT molecular complexity index is 1700. The lowest BCUT2D eigenvalue weighted by Gasteiger charge is -2.25. The Hall–Kier alpha value is -4.21. The van der Waals surface area contributed by atoms with E-state index in [1.807, 2.05) is 23.1 Å². The highest BCUT2D eigenvalue weighted by atomic mass is 32.2. The smallest absolute Gasteiger partial charge is 0.265 e. The minimum atomic E-state index is -4.16. The van der Waals surface area contributed by atoms with Gasteiger partial charge in [-0.3, -0.25) is 14.5 Å². The molecule has 1 aliphatic carbocycles. The fourth-order valence-corrected chi connectivity index (χ4v) is 6.30. The van der Waals surface area contributed by atoms with E-state index in [2.05, 4.69) is 38.4 Å². The van der Waals surface area contributed by atoms with E-state index in [-0.39, 0.29) is 28.2 Å². The first-order valence-corrected chi connectivity index (χ1v) is 17.1. The Labute approximate surface area is 265 Å². The molecule has 0 radical (unpaired) electrons. The van der Waals surface area contributed by atoms with Crippen molar-refractivity contribution in [3.05, 3.63) is 71.5 Å². The minimum Gasteiger partial charge on any atom is -0.493 e. The molecule has 0 saturated heterocycles. The number of amides is 1. The monoisotopic (exact) mass is 631 g/mol. The SMILES string of the molecule is CCCCC1=C=CCCCCC(=O)N1Cc1ccc(-c2ncccc2S(=O)(=O)Nc2ncc(C)nc2OC)c(OCC2CC2)c1. The van der Waals surface area contributed by atoms with Gasteiger partial charge in [-0.25, -0.2) is 18.4 Å². The van der Waals surface area contributed by atoms with E-state index >= 15 is 0 Å². The van der Waals surface area contributed by atoms with Gasteiger partial charge in [0, 0.05) is 18.2 Å². The van der Waals surface area contributed by atoms with Crippen molar-refractivity contribution in [2.75, 3.05) is 18.4 Å². The maximum absolute atomic E-state index is 13.7. The molecule has 5 rings (SSSR count). The molecule has 1 fully saturated rings. The zero-order valence-electron chi connectivity index (χ0n) is 26.2. The Kier molecular flexibility index (Phi) is 10.5. The lowest BCUT2D eigenvalue weighted by molar-refractivity contribution is -0.130. The van der Waals surface area contributed by atoms with E-state index < -0.39 is 10.0 Å². The molecule has 1 aliphatic heterocycles. The van der Waals surface area contributed by atoms with Crippen LogP contribution in [0, 0.1) is 12.8 Å². The summed E-state index contributed by atoms with van der Waals surface area (Å²) in [6, 6.07) is 8.72. The number of allylic oxidation sites excluding steroid dienone is 1. The third kappa shape index (κ3) is 8.29. The topological polar surface area (TPSA) is 124 Å². The molecule has 11 heteroatoms. The van der Waals surface area contributed by atoms with Gasteiger partial charge in [0.05, 0.1) is 43.5 Å². The highest BCUT2D eigenvalue weighted by Gasteiger charge is 2.27. The van der Waals surface area contributed by atoms with E-state index in [1.165, 1.54) is 19.4 Å². The number of aromatic nitrogens is 3. The largest absolute Gasteiger partial charge is 0.493 e. The Balaban J connectivity index is 1.51. The zero-order chi connectivity index (χ0) is 31.8. The van der Waals surface area contributed by atoms with E-state index in [1.54, 1.807) is 19.2 Å². The average Bonchev–Trinajstić information content (AvgIpc) is 3.86. The van der Waals surface area contributed by atoms with Crippen LogP contribution in [0.2, 0.25) is 0 Å². The van der Waals surface area contributed by atoms with E-state index in [9.17, 15) is 13.2 Å². The normalized spacial score (nSPS) is 15.6. The van der Waals surface area contributed by atoms with Gasteiger partial charge in [0.15, 0.2) is 0 Å². The van der Waals surface area contributed by atoms with Crippen LogP contribution in [0.1, 0.15) is 76.0 Å². The number of methoxy groups -OCH3 is 1. The third-order valence-electron chi connectivity index (χ3n) is 7.81. The van der Waals surface area contributed by atoms with Gasteiger partial charge >= 0.3 is 0 Å². The number of unbranched alkanes of at least 4 members (excludes halogenated alkanes) is 1. The fourth-order valence-electron chi connectivity index (χ4n) is 5.13. The summed E-state index contributed by atoms with van der Waals surface area (Å²) in [4.78, 5) is 28.1. The number of nitrogens with one attached hydrogen (secondary N) is 1. The van der Waals surface area contributed by atoms with Gasteiger partial charge in [0.2, 0.25) is 11.7 Å². The van der Waals surface area contributed by atoms with E-state index in [4.69, 9.17) is 9.47 Å². The molecule has 45 heavy (non-hydrogen) atoms. The van der Waals surface area contributed by atoms with Crippen LogP contribution in [0.15, 0.2) is 65.1 Å². The van der Waals surface area contributed by atoms with Crippen LogP contribution in [0.25, 0.3) is 11.3 Å². The molecular weight excluding hydrogens is 590 g/mol. The van der Waals surface area contributed by atoms with Gasteiger partial charge in [0.25, 0.3) is 15.9 Å². The summed E-state index contributed by atoms with van der Waals surface area (Å²) in [5, 5.41) is 0. The van der Waals surface area contributed by atoms with Crippen LogP contribution in [0.4, 0.5) is 5.82 Å². The summed E-state index contributed by atoms with van der Waals surface area (Å²) in [5.74, 6) is 1.13. The lowest BCUT2D eigenvalue weighted by atomic mass is 10.0. The molecule has 0 spiro atoms. The number of benzene rings is 1. The van der Waals surface area contributed by atoms with Crippen molar-refractivity contribution in [2.24, 2.45) is 5.92 Å². The van der Waals surface area contributed by atoms with Crippen LogP contribution in [-0.4, -0.2) is 47.9 Å². The lowest BCUT2D eigenvalue weighted by Crippen LogP contribution is -2.29. The molecule has 1 saturated carbocycles. The summed E-state index contributed by atoms with van der Waals surface area (Å²) in [5.41, 5.74) is 6.58. The predicted molar refractivity (Wildman–Crippen MR) is 172 cm³/mol. The quantitative estimate of drug-likeness (QED) is 0.210. The molecular formula is C34H41N5O5S. The number of hydrogen-bond donors (Lipinski definition) is 1. The van der Waals surface area contributed by atoms with Crippen molar-refractivity contribution in [2.45, 2.75) is 83.1 Å². The van der Waals surface area contributed by atoms with Gasteiger partial charge in [-0.15, -0.1) is 5.73 Å². The summed E-state index contributed by atoms with van der Waals surface area (Å²) >= 11 is 0. The molecule has 238 valence electrons. The van der Waals surface area contributed by atoms with Crippen LogP contribution < -0.4 is 14.2 Å². The summed E-state index contributed by atoms with van der Waals surface area (Å²) < 4.78 is 41.6. The number of pyridine rings is 1. The number of aryl methyl sites for hydroxylation is 1. The van der Waals surface area contributed by atoms with Gasteiger partial charge < -0.3 is 14.4 Å². The van der Waals surface area contributed by atoms with Crippen molar-refractivity contribution in [1.29, 1.82) is 0 Å². The highest BCUT2D eigenvalue weighted by molar-refractivity contribution is 7.92. The molecule has 3 heterocycles. The second-order valence-electron chi connectivity index (χ2n) is 11.5. The molecule has 3 aromatic rings. The van der Waals surface area contributed by atoms with Crippen molar-refractivity contribution in [3.63, 3.8) is 0 Å². The molecule has 1 N–H and O–H groups in total. The molecule has 0 bridgehead atoms. The number of carbonyl (C=O) groups is 1. The van der Waals surface area contributed by atoms with E-state index in [0.717, 1.165) is 62.6 Å². The first-order valence-electron chi connectivity index (χ1n) is 15.6. The maximum atomic E-state index is 13.7. The average molecular weight is 632 g/mol. The Morgan fingerprint density at radius 2 is 2.00 bits per heavy atom. The van der Waals surface area contributed by atoms with Crippen LogP contribution in [0.5, 0.6) is 11.6 Å². The number of nitrogens with zero attached hydrogens (tertiary/aromatic N) is 4. The van der Waals surface area contributed by atoms with Crippen LogP contribution >= 0.6 is 0 Å². The third-order valence-corrected chi connectivity index (χ3v) is 9.18. The van der Waals surface area contributed by atoms with Gasteiger partial charge in [-0.05, 0) is 93.7 Å². The maximum Gasteiger partial charge on any atom is 0.265 e. The molecule has 2 aliphatic rings. The Morgan fingerprint density at radius 1 is 1.16 bits per heavy atom. The zero-order valence-corrected chi connectivity index (χ0v) is 27.0. The summed E-state index contributed by atoms with van der Waals surface area (Å²) in [6.45, 7) is 4.77. The minimum absolute atomic E-state index is 0.0202. The van der Waals surface area contributed by atoms with Crippen LogP contribution in [-0.2, 0) is 21.4 Å². The second kappa shape index (κ2) is 14.7. The molecule has 0 atom stereocenters. The first kappa shape index (κ1) is 32.2. The number of sulfonamides is 1. The van der Waals surface area contributed by atoms with Crippen molar-refractivity contribution < 1.29 is 22.7 Å². The van der Waals surface area contributed by atoms with Gasteiger partial charge in [0.1, 0.15) is 10.6 Å². The van der Waals surface area contributed by atoms with Crippen LogP contribution in [0.3, 0.4) is 0 Å². The number of rotatable bonds is 13. The van der Waals surface area contributed by atoms with Gasteiger partial charge in [-0.1, -0.05) is 19.4 Å². The number of ether oxygens (including phenoxy) is 2. The van der Waals surface area contributed by atoms with Gasteiger partial charge in [-0.2, -0.15) is 0 Å². The van der Waals surface area contributed by atoms with Crippen molar-refractivity contribution >= 4 is 21.7 Å². The van der Waals surface area contributed by atoms with Crippen molar-refractivity contribution in [3.8, 4) is 22.9 Å². The second-order valence-corrected chi connectivity index (χ2v) is 13.2. The summed E-state index contributed by atoms with van der Waals surface area (Å²) in [7, 11) is -2.75. The fraction of sp³-hybridized carbons (Fsp3) is 0.441. The molecule has 0 unspecified atom stereocenters.